The first-order valence-corrected chi connectivity index (χ1v) is 9.68. The molecule has 148 valence electrons. The highest BCUT2D eigenvalue weighted by atomic mass is 16.7. The fourth-order valence-electron chi connectivity index (χ4n) is 4.36. The van der Waals surface area contributed by atoms with Gasteiger partial charge in [-0.3, -0.25) is 4.79 Å². The molecule has 29 heavy (non-hydrogen) atoms. The van der Waals surface area contributed by atoms with Crippen molar-refractivity contribution in [1.29, 1.82) is 0 Å². The molecule has 2 aromatic heterocycles. The Morgan fingerprint density at radius 3 is 2.62 bits per heavy atom. The van der Waals surface area contributed by atoms with E-state index in [1.54, 1.807) is 19.9 Å². The number of rotatable bonds is 2. The molecule has 0 aliphatic carbocycles. The van der Waals surface area contributed by atoms with E-state index in [1.165, 1.54) is 4.57 Å². The first-order chi connectivity index (χ1) is 13.8. The van der Waals surface area contributed by atoms with Gasteiger partial charge in [-0.2, -0.15) is 0 Å². The zero-order valence-corrected chi connectivity index (χ0v) is 16.1. The molecule has 5 rings (SSSR count). The van der Waals surface area contributed by atoms with E-state index in [1.807, 2.05) is 30.3 Å². The van der Waals surface area contributed by atoms with Crippen LogP contribution in [0.3, 0.4) is 0 Å². The van der Waals surface area contributed by atoms with E-state index in [0.29, 0.717) is 17.9 Å². The molecule has 1 unspecified atom stereocenters. The molecule has 0 saturated heterocycles. The summed E-state index contributed by atoms with van der Waals surface area (Å²) in [5.41, 5.74) is 0.365. The lowest BCUT2D eigenvalue weighted by molar-refractivity contribution is -0.244. The number of cyclic esters (lactones) is 1. The van der Waals surface area contributed by atoms with Gasteiger partial charge in [0.05, 0.1) is 29.0 Å². The van der Waals surface area contributed by atoms with E-state index in [4.69, 9.17) is 9.72 Å². The average molecular weight is 392 g/mol. The lowest BCUT2D eigenvalue weighted by Crippen LogP contribution is -2.53. The number of aliphatic hydroxyl groups is 2. The summed E-state index contributed by atoms with van der Waals surface area (Å²) < 4.78 is 6.69. The van der Waals surface area contributed by atoms with Crippen LogP contribution in [0.1, 0.15) is 43.4 Å². The maximum absolute atomic E-state index is 13.4. The molecule has 2 N–H and O–H groups in total. The highest BCUT2D eigenvalue weighted by Crippen LogP contribution is 2.44. The number of ether oxygens (including phenoxy) is 1. The smallest absolute Gasteiger partial charge is 0.345 e. The second-order valence-corrected chi connectivity index (χ2v) is 7.64. The molecule has 7 nitrogen and oxygen atoms in total. The van der Waals surface area contributed by atoms with Crippen molar-refractivity contribution in [3.63, 3.8) is 0 Å². The number of hydrogen-bond acceptors (Lipinski definition) is 6. The van der Waals surface area contributed by atoms with Crippen molar-refractivity contribution < 1.29 is 19.7 Å². The minimum atomic E-state index is -2.07. The Balaban J connectivity index is 1.85. The molecule has 0 spiro atoms. The molecule has 2 aliphatic heterocycles. The molecular weight excluding hydrogens is 372 g/mol. The molecule has 0 radical (unpaired) electrons. The van der Waals surface area contributed by atoms with Gasteiger partial charge in [0, 0.05) is 22.9 Å². The van der Waals surface area contributed by atoms with E-state index in [-0.39, 0.29) is 24.0 Å². The summed E-state index contributed by atoms with van der Waals surface area (Å²) in [6.07, 6.45) is 0.00866. The molecular formula is C22H20N2O5. The van der Waals surface area contributed by atoms with E-state index in [0.717, 1.165) is 16.5 Å². The molecule has 7 heteroatoms. The largest absolute Gasteiger partial charge is 0.426 e. The van der Waals surface area contributed by atoms with Crippen LogP contribution in [0, 0.1) is 0 Å². The number of para-hydroxylation sites is 1. The molecule has 2 aliphatic rings. The summed E-state index contributed by atoms with van der Waals surface area (Å²) in [6.45, 7) is 3.55. The van der Waals surface area contributed by atoms with Gasteiger partial charge in [-0.15, -0.1) is 0 Å². The quantitative estimate of drug-likeness (QED) is 0.507. The standard InChI is InChI=1S/C22H20N2O5/c1-3-21(27)14-10-16-18-13(9-12-7-5-6-8-15(12)23-18)11-24(16)19(25)17(14)22(28,4-2)29-20(21)26/h5-10,27-28H,3-4,11H2,1-2H3/t21-,22?/m0/s1. The number of nitrogens with zero attached hydrogens (tertiary/aromatic N) is 2. The molecule has 2 atom stereocenters. The summed E-state index contributed by atoms with van der Waals surface area (Å²) in [7, 11) is 0. The van der Waals surface area contributed by atoms with Crippen molar-refractivity contribution in [1.82, 2.24) is 9.55 Å². The fraction of sp³-hybridized carbons (Fsp3) is 0.318. The van der Waals surface area contributed by atoms with Gasteiger partial charge < -0.3 is 19.5 Å². The predicted molar refractivity (Wildman–Crippen MR) is 105 cm³/mol. The Labute approximate surface area is 166 Å². The SMILES string of the molecule is CCC1(O)OC(=O)[C@](O)(CC)c2cc3n(c(=O)c21)Cc1cc2ccccc2nc1-3. The third-order valence-corrected chi connectivity index (χ3v) is 6.10. The second kappa shape index (κ2) is 5.75. The Morgan fingerprint density at radius 1 is 1.14 bits per heavy atom. The van der Waals surface area contributed by atoms with Crippen LogP contribution in [0.25, 0.3) is 22.3 Å². The van der Waals surface area contributed by atoms with Crippen molar-refractivity contribution in [3.05, 3.63) is 63.4 Å². The van der Waals surface area contributed by atoms with Gasteiger partial charge in [-0.25, -0.2) is 9.78 Å². The minimum absolute atomic E-state index is 0.00476. The van der Waals surface area contributed by atoms with Crippen molar-refractivity contribution in [2.24, 2.45) is 0 Å². The van der Waals surface area contributed by atoms with Crippen molar-refractivity contribution in [2.75, 3.05) is 0 Å². The number of carbonyl (C=O) groups excluding carboxylic acids is 1. The lowest BCUT2D eigenvalue weighted by atomic mass is 9.81. The van der Waals surface area contributed by atoms with E-state index >= 15 is 0 Å². The summed E-state index contributed by atoms with van der Waals surface area (Å²) in [5, 5.41) is 22.9. The van der Waals surface area contributed by atoms with Gasteiger partial charge >= 0.3 is 5.97 Å². The first kappa shape index (κ1) is 18.0. The van der Waals surface area contributed by atoms with Crippen molar-refractivity contribution in [3.8, 4) is 11.4 Å². The van der Waals surface area contributed by atoms with Gasteiger partial charge in [0.1, 0.15) is 0 Å². The Bertz CT molecular complexity index is 1260. The van der Waals surface area contributed by atoms with Crippen molar-refractivity contribution >= 4 is 16.9 Å². The molecule has 0 saturated carbocycles. The van der Waals surface area contributed by atoms with E-state index in [9.17, 15) is 19.8 Å². The van der Waals surface area contributed by atoms with Gasteiger partial charge in [0.2, 0.25) is 5.79 Å². The lowest BCUT2D eigenvalue weighted by Gasteiger charge is -2.40. The average Bonchev–Trinajstić information content (AvgIpc) is 3.08. The zero-order chi connectivity index (χ0) is 20.6. The summed E-state index contributed by atoms with van der Waals surface area (Å²) in [4.78, 5) is 30.7. The van der Waals surface area contributed by atoms with Crippen LogP contribution in [0.2, 0.25) is 0 Å². The van der Waals surface area contributed by atoms with Crippen LogP contribution in [0.4, 0.5) is 0 Å². The Morgan fingerprint density at radius 2 is 1.90 bits per heavy atom. The van der Waals surface area contributed by atoms with Gasteiger partial charge in [-0.05, 0) is 24.6 Å². The van der Waals surface area contributed by atoms with E-state index < -0.39 is 22.9 Å². The normalized spacial score (nSPS) is 24.8. The first-order valence-electron chi connectivity index (χ1n) is 9.68. The van der Waals surface area contributed by atoms with Gasteiger partial charge in [-0.1, -0.05) is 32.0 Å². The highest BCUT2D eigenvalue weighted by molar-refractivity contribution is 5.86. The van der Waals surface area contributed by atoms with Crippen LogP contribution in [-0.2, 0) is 27.5 Å². The Hall–Kier alpha value is -3.03. The van der Waals surface area contributed by atoms with E-state index in [2.05, 4.69) is 0 Å². The number of fused-ring (bicyclic) bond motifs is 5. The van der Waals surface area contributed by atoms with Crippen LogP contribution in [0.5, 0.6) is 0 Å². The molecule has 0 amide bonds. The minimum Gasteiger partial charge on any atom is -0.426 e. The van der Waals surface area contributed by atoms with Crippen LogP contribution >= 0.6 is 0 Å². The fourth-order valence-corrected chi connectivity index (χ4v) is 4.36. The van der Waals surface area contributed by atoms with Crippen LogP contribution in [0.15, 0.2) is 41.2 Å². The molecule has 1 aromatic carbocycles. The number of pyridine rings is 2. The molecule has 0 fully saturated rings. The molecule has 3 aromatic rings. The number of aromatic nitrogens is 2. The number of hydrogen-bond donors (Lipinski definition) is 2. The van der Waals surface area contributed by atoms with Gasteiger partial charge in [0.15, 0.2) is 5.60 Å². The summed E-state index contributed by atoms with van der Waals surface area (Å²) in [5.74, 6) is -3.02. The summed E-state index contributed by atoms with van der Waals surface area (Å²) >= 11 is 0. The predicted octanol–water partition coefficient (Wildman–Crippen LogP) is 2.13. The highest BCUT2D eigenvalue weighted by Gasteiger charge is 2.54. The molecule has 4 heterocycles. The second-order valence-electron chi connectivity index (χ2n) is 7.64. The number of esters is 1. The topological polar surface area (TPSA) is 102 Å². The molecule has 0 bridgehead atoms. The third kappa shape index (κ3) is 2.22. The van der Waals surface area contributed by atoms with Crippen LogP contribution in [-0.4, -0.2) is 25.7 Å². The number of benzene rings is 1. The third-order valence-electron chi connectivity index (χ3n) is 6.10. The maximum Gasteiger partial charge on any atom is 0.345 e. The summed E-state index contributed by atoms with van der Waals surface area (Å²) in [6, 6.07) is 11.3. The Kier molecular flexibility index (Phi) is 3.57. The number of carbonyl (C=O) groups is 1. The monoisotopic (exact) mass is 392 g/mol. The van der Waals surface area contributed by atoms with Crippen LogP contribution < -0.4 is 5.56 Å². The maximum atomic E-state index is 13.4. The zero-order valence-electron chi connectivity index (χ0n) is 16.1. The van der Waals surface area contributed by atoms with Crippen molar-refractivity contribution in [2.45, 2.75) is 44.6 Å². The van der Waals surface area contributed by atoms with Gasteiger partial charge in [0.25, 0.3) is 5.56 Å².